The second-order valence-corrected chi connectivity index (χ2v) is 9.18. The molecule has 0 aliphatic carbocycles. The van der Waals surface area contributed by atoms with Crippen LogP contribution < -0.4 is 5.32 Å². The van der Waals surface area contributed by atoms with Crippen LogP contribution in [0.5, 0.6) is 0 Å². The van der Waals surface area contributed by atoms with Crippen molar-refractivity contribution in [2.24, 2.45) is 0 Å². The normalized spacial score (nSPS) is 17.5. The number of hydrogen-bond acceptors (Lipinski definition) is 6. The summed E-state index contributed by atoms with van der Waals surface area (Å²) in [5, 5.41) is 13.1. The Hall–Kier alpha value is -1.22. The number of piperidine rings is 1. The second-order valence-electron chi connectivity index (χ2n) is 8.15. The van der Waals surface area contributed by atoms with Gasteiger partial charge in [0.15, 0.2) is 0 Å². The highest BCUT2D eigenvalue weighted by atomic mass is 35.5. The standard InChI is InChI=1S/C18H26N6OS.2ClH/c1-18(2,3)17-20-10-13(26-17)16(25)23-7-4-12(5-8-23)15-22-21-14-11-19-6-9-24(14)15;;/h10,12,19H,4-9,11H2,1-3H3;2*1H. The Morgan fingerprint density at radius 3 is 2.54 bits per heavy atom. The van der Waals surface area contributed by atoms with E-state index >= 15 is 0 Å². The fraction of sp³-hybridized carbons (Fsp3) is 0.667. The molecule has 4 rings (SSSR count). The topological polar surface area (TPSA) is 75.9 Å². The minimum atomic E-state index is -0.0161. The van der Waals surface area contributed by atoms with Gasteiger partial charge < -0.3 is 14.8 Å². The molecule has 0 aromatic carbocycles. The Kier molecular flexibility index (Phi) is 7.47. The molecule has 156 valence electrons. The molecular weight excluding hydrogens is 419 g/mol. The molecule has 1 saturated heterocycles. The first kappa shape index (κ1) is 23.1. The lowest BCUT2D eigenvalue weighted by atomic mass is 9.95. The third-order valence-corrected chi connectivity index (χ3v) is 6.57. The molecular formula is C18H28Cl2N6OS. The van der Waals surface area contributed by atoms with Gasteiger partial charge >= 0.3 is 0 Å². The third-order valence-electron chi connectivity index (χ3n) is 5.16. The van der Waals surface area contributed by atoms with Crippen molar-refractivity contribution in [3.8, 4) is 0 Å². The molecule has 0 atom stereocenters. The summed E-state index contributed by atoms with van der Waals surface area (Å²) >= 11 is 1.52. The van der Waals surface area contributed by atoms with E-state index in [9.17, 15) is 4.79 Å². The van der Waals surface area contributed by atoms with Crippen LogP contribution in [0.25, 0.3) is 0 Å². The van der Waals surface area contributed by atoms with Crippen molar-refractivity contribution in [2.75, 3.05) is 19.6 Å². The van der Waals surface area contributed by atoms with Crippen molar-refractivity contribution in [3.63, 3.8) is 0 Å². The quantitative estimate of drug-likeness (QED) is 0.766. The fourth-order valence-electron chi connectivity index (χ4n) is 3.63. The number of nitrogens with one attached hydrogen (secondary N) is 1. The van der Waals surface area contributed by atoms with Crippen molar-refractivity contribution in [1.29, 1.82) is 0 Å². The molecule has 28 heavy (non-hydrogen) atoms. The molecule has 0 unspecified atom stereocenters. The van der Waals surface area contributed by atoms with E-state index in [4.69, 9.17) is 0 Å². The highest BCUT2D eigenvalue weighted by Gasteiger charge is 2.30. The highest BCUT2D eigenvalue weighted by Crippen LogP contribution is 2.31. The van der Waals surface area contributed by atoms with E-state index in [1.807, 2.05) is 4.90 Å². The number of thiazole rings is 1. The van der Waals surface area contributed by atoms with E-state index < -0.39 is 0 Å². The van der Waals surface area contributed by atoms with Crippen LogP contribution in [0.2, 0.25) is 0 Å². The van der Waals surface area contributed by atoms with Crippen LogP contribution in [-0.4, -0.2) is 50.2 Å². The Labute approximate surface area is 182 Å². The summed E-state index contributed by atoms with van der Waals surface area (Å²) in [7, 11) is 0. The van der Waals surface area contributed by atoms with Gasteiger partial charge in [-0.05, 0) is 12.8 Å². The zero-order valence-electron chi connectivity index (χ0n) is 16.5. The number of aromatic nitrogens is 4. The van der Waals surface area contributed by atoms with Crippen molar-refractivity contribution in [3.05, 3.63) is 27.7 Å². The third kappa shape index (κ3) is 4.50. The molecule has 1 amide bonds. The number of rotatable bonds is 2. The van der Waals surface area contributed by atoms with Gasteiger partial charge in [-0.15, -0.1) is 46.3 Å². The Bertz CT molecular complexity index is 807. The molecule has 4 heterocycles. The molecule has 1 N–H and O–H groups in total. The maximum Gasteiger partial charge on any atom is 0.265 e. The minimum Gasteiger partial charge on any atom is -0.338 e. The predicted octanol–water partition coefficient (Wildman–Crippen LogP) is 3.00. The molecule has 2 aliphatic heterocycles. The Morgan fingerprint density at radius 2 is 1.89 bits per heavy atom. The number of hydrogen-bond donors (Lipinski definition) is 1. The van der Waals surface area contributed by atoms with Crippen molar-refractivity contribution < 1.29 is 4.79 Å². The average molecular weight is 447 g/mol. The zero-order chi connectivity index (χ0) is 18.3. The fourth-order valence-corrected chi connectivity index (χ4v) is 4.57. The van der Waals surface area contributed by atoms with Crippen molar-refractivity contribution in [1.82, 2.24) is 30.0 Å². The summed E-state index contributed by atoms with van der Waals surface area (Å²) in [4.78, 5) is 20.0. The summed E-state index contributed by atoms with van der Waals surface area (Å²) in [5.41, 5.74) is -0.0161. The molecule has 7 nitrogen and oxygen atoms in total. The lowest BCUT2D eigenvalue weighted by Crippen LogP contribution is -2.38. The van der Waals surface area contributed by atoms with E-state index in [0.29, 0.717) is 5.92 Å². The predicted molar refractivity (Wildman–Crippen MR) is 115 cm³/mol. The molecule has 0 bridgehead atoms. The van der Waals surface area contributed by atoms with Gasteiger partial charge in [0.1, 0.15) is 16.5 Å². The number of carbonyl (C=O) groups is 1. The average Bonchev–Trinajstić information content (AvgIpc) is 3.28. The van der Waals surface area contributed by atoms with Gasteiger partial charge in [0, 0.05) is 37.5 Å². The van der Waals surface area contributed by atoms with Gasteiger partial charge in [-0.1, -0.05) is 20.8 Å². The molecule has 0 saturated carbocycles. The van der Waals surface area contributed by atoms with E-state index in [1.165, 1.54) is 11.3 Å². The van der Waals surface area contributed by atoms with Gasteiger partial charge in [-0.3, -0.25) is 4.79 Å². The molecule has 2 aliphatic rings. The first-order valence-electron chi connectivity index (χ1n) is 9.32. The number of amides is 1. The van der Waals surface area contributed by atoms with Crippen LogP contribution in [0, 0.1) is 0 Å². The first-order valence-corrected chi connectivity index (χ1v) is 10.1. The molecule has 10 heteroatoms. The van der Waals surface area contributed by atoms with E-state index in [2.05, 4.69) is 45.8 Å². The molecule has 0 spiro atoms. The number of nitrogens with zero attached hydrogens (tertiary/aromatic N) is 5. The molecule has 2 aromatic rings. The van der Waals surface area contributed by atoms with Crippen molar-refractivity contribution >= 4 is 42.1 Å². The van der Waals surface area contributed by atoms with E-state index in [-0.39, 0.29) is 36.1 Å². The molecule has 0 radical (unpaired) electrons. The van der Waals surface area contributed by atoms with Crippen molar-refractivity contribution in [2.45, 2.75) is 58.0 Å². The number of carbonyl (C=O) groups excluding carboxylic acids is 1. The van der Waals surface area contributed by atoms with Gasteiger partial charge in [0.25, 0.3) is 5.91 Å². The second kappa shape index (κ2) is 9.07. The van der Waals surface area contributed by atoms with Crippen LogP contribution in [0.3, 0.4) is 0 Å². The number of likely N-dealkylation sites (tertiary alicyclic amines) is 1. The lowest BCUT2D eigenvalue weighted by Gasteiger charge is -2.31. The Morgan fingerprint density at radius 1 is 1.18 bits per heavy atom. The first-order chi connectivity index (χ1) is 12.4. The Balaban J connectivity index is 0.00000140. The number of halogens is 2. The van der Waals surface area contributed by atoms with Crippen LogP contribution in [0.4, 0.5) is 0 Å². The smallest absolute Gasteiger partial charge is 0.265 e. The summed E-state index contributed by atoms with van der Waals surface area (Å²) in [6.07, 6.45) is 3.63. The summed E-state index contributed by atoms with van der Waals surface area (Å²) < 4.78 is 2.26. The van der Waals surface area contributed by atoms with Crippen LogP contribution in [-0.2, 0) is 18.5 Å². The largest absolute Gasteiger partial charge is 0.338 e. The lowest BCUT2D eigenvalue weighted by molar-refractivity contribution is 0.0714. The maximum absolute atomic E-state index is 12.8. The number of fused-ring (bicyclic) bond motifs is 1. The monoisotopic (exact) mass is 446 g/mol. The van der Waals surface area contributed by atoms with Crippen LogP contribution in [0.1, 0.15) is 65.9 Å². The van der Waals surface area contributed by atoms with E-state index in [0.717, 1.165) is 67.1 Å². The van der Waals surface area contributed by atoms with Gasteiger partial charge in [-0.2, -0.15) is 0 Å². The molecule has 1 fully saturated rings. The highest BCUT2D eigenvalue weighted by molar-refractivity contribution is 7.13. The molecule has 2 aromatic heterocycles. The summed E-state index contributed by atoms with van der Waals surface area (Å²) in [6, 6.07) is 0. The van der Waals surface area contributed by atoms with Gasteiger partial charge in [-0.25, -0.2) is 4.98 Å². The SMILES string of the molecule is CC(C)(C)c1ncc(C(=O)N2CCC(c3nnc4n3CCNC4)CC2)s1.Cl.Cl. The summed E-state index contributed by atoms with van der Waals surface area (Å²) in [5.74, 6) is 2.64. The zero-order valence-corrected chi connectivity index (χ0v) is 18.9. The van der Waals surface area contributed by atoms with Crippen LogP contribution in [0.15, 0.2) is 6.20 Å². The summed E-state index contributed by atoms with van der Waals surface area (Å²) in [6.45, 7) is 10.6. The van der Waals surface area contributed by atoms with E-state index in [1.54, 1.807) is 6.20 Å². The van der Waals surface area contributed by atoms with Gasteiger partial charge in [0.2, 0.25) is 0 Å². The maximum atomic E-state index is 12.8. The minimum absolute atomic E-state index is 0. The van der Waals surface area contributed by atoms with Crippen LogP contribution >= 0.6 is 36.2 Å². The van der Waals surface area contributed by atoms with Gasteiger partial charge in [0.05, 0.1) is 17.7 Å².